The van der Waals surface area contributed by atoms with Crippen LogP contribution in [0.2, 0.25) is 0 Å². The zero-order valence-electron chi connectivity index (χ0n) is 22.8. The molecule has 0 atom stereocenters. The Hall–Kier alpha value is -3.45. The number of benzene rings is 1. The van der Waals surface area contributed by atoms with Crippen LogP contribution in [0.1, 0.15) is 86.5 Å². The summed E-state index contributed by atoms with van der Waals surface area (Å²) in [6, 6.07) is 11.4. The number of rotatable bonds is 14. The van der Waals surface area contributed by atoms with Crippen LogP contribution in [0.3, 0.4) is 0 Å². The normalized spacial score (nSPS) is 11.7. The summed E-state index contributed by atoms with van der Waals surface area (Å²) in [4.78, 5) is 40.8. The molecule has 7 heteroatoms. The second kappa shape index (κ2) is 12.9. The van der Waals surface area contributed by atoms with Gasteiger partial charge in [-0.1, -0.05) is 45.7 Å². The first-order valence-electron chi connectivity index (χ1n) is 13.9. The summed E-state index contributed by atoms with van der Waals surface area (Å²) in [5, 5.41) is 0. The van der Waals surface area contributed by atoms with Crippen LogP contribution >= 0.6 is 0 Å². The van der Waals surface area contributed by atoms with Gasteiger partial charge in [0.05, 0.1) is 11.3 Å². The summed E-state index contributed by atoms with van der Waals surface area (Å²) in [5.41, 5.74) is 1.46. The molecule has 7 nitrogen and oxygen atoms in total. The van der Waals surface area contributed by atoms with Gasteiger partial charge in [0.25, 0.3) is 0 Å². The van der Waals surface area contributed by atoms with Crippen molar-refractivity contribution in [3.63, 3.8) is 0 Å². The molecule has 0 spiro atoms. The highest BCUT2D eigenvalue weighted by Crippen LogP contribution is 2.28. The summed E-state index contributed by atoms with van der Waals surface area (Å²) in [7, 11) is 0. The van der Waals surface area contributed by atoms with Crippen molar-refractivity contribution in [2.45, 2.75) is 72.1 Å². The zero-order valence-corrected chi connectivity index (χ0v) is 22.8. The monoisotopic (exact) mass is 518 g/mol. The van der Waals surface area contributed by atoms with Crippen molar-refractivity contribution in [3.05, 3.63) is 85.8 Å². The Morgan fingerprint density at radius 3 is 2.24 bits per heavy atom. The summed E-state index contributed by atoms with van der Waals surface area (Å²) >= 11 is 0. The lowest BCUT2D eigenvalue weighted by molar-refractivity contribution is 0.103. The lowest BCUT2D eigenvalue weighted by Gasteiger charge is -2.21. The molecular formula is C31H38N2O5. The zero-order chi connectivity index (χ0) is 27.1. The van der Waals surface area contributed by atoms with Gasteiger partial charge < -0.3 is 18.1 Å². The maximum Gasteiger partial charge on any atom is 0.423 e. The molecule has 3 heterocycles. The van der Waals surface area contributed by atoms with E-state index in [9.17, 15) is 14.4 Å². The molecule has 0 saturated carbocycles. The van der Waals surface area contributed by atoms with Crippen molar-refractivity contribution in [2.24, 2.45) is 0 Å². The van der Waals surface area contributed by atoms with Crippen LogP contribution in [-0.2, 0) is 12.8 Å². The fourth-order valence-corrected chi connectivity index (χ4v) is 5.11. The Kier molecular flexibility index (Phi) is 9.34. The van der Waals surface area contributed by atoms with Crippen LogP contribution in [0.5, 0.6) is 0 Å². The van der Waals surface area contributed by atoms with Gasteiger partial charge in [0, 0.05) is 11.7 Å². The number of hydrogen-bond acceptors (Lipinski definition) is 6. The molecule has 38 heavy (non-hydrogen) atoms. The van der Waals surface area contributed by atoms with Gasteiger partial charge in [0.2, 0.25) is 5.78 Å². The van der Waals surface area contributed by atoms with E-state index in [4.69, 9.17) is 8.83 Å². The van der Waals surface area contributed by atoms with E-state index >= 15 is 0 Å². The van der Waals surface area contributed by atoms with Gasteiger partial charge in [-0.15, -0.1) is 0 Å². The van der Waals surface area contributed by atoms with E-state index in [0.717, 1.165) is 81.2 Å². The van der Waals surface area contributed by atoms with E-state index in [-0.39, 0.29) is 22.5 Å². The summed E-state index contributed by atoms with van der Waals surface area (Å²) in [6.07, 6.45) is 9.50. The average molecular weight is 519 g/mol. The van der Waals surface area contributed by atoms with Crippen molar-refractivity contribution in [2.75, 3.05) is 19.6 Å². The summed E-state index contributed by atoms with van der Waals surface area (Å²) in [5.74, 6) is -0.260. The van der Waals surface area contributed by atoms with E-state index in [1.54, 1.807) is 6.07 Å². The van der Waals surface area contributed by atoms with Crippen LogP contribution in [0.15, 0.2) is 61.0 Å². The van der Waals surface area contributed by atoms with Crippen molar-refractivity contribution < 1.29 is 13.6 Å². The third-order valence-corrected chi connectivity index (χ3v) is 7.06. The quantitative estimate of drug-likeness (QED) is 0.150. The van der Waals surface area contributed by atoms with Gasteiger partial charge in [-0.2, -0.15) is 0 Å². The number of pyridine rings is 1. The van der Waals surface area contributed by atoms with Gasteiger partial charge in [-0.3, -0.25) is 4.79 Å². The Morgan fingerprint density at radius 1 is 0.789 bits per heavy atom. The first kappa shape index (κ1) is 27.6. The standard InChI is InChI=1S/C31H38N2O5/c1-4-7-12-23-21-24-14-9-10-20-33(24)26(23)27(34)25-16-15-22(28-29(25)38-31(36)30(35)37-28)13-11-19-32(17-6-3)18-8-5-2/h9-10,14-16,20-21H,4-8,11-13,17-19H2,1-3H3. The van der Waals surface area contributed by atoms with Crippen molar-refractivity contribution in [1.82, 2.24) is 9.30 Å². The molecule has 4 rings (SSSR count). The van der Waals surface area contributed by atoms with E-state index in [1.807, 2.05) is 40.9 Å². The topological polar surface area (TPSA) is 85.1 Å². The number of fused-ring (bicyclic) bond motifs is 2. The Bertz CT molecular complexity index is 1510. The largest absolute Gasteiger partial charge is 0.423 e. The van der Waals surface area contributed by atoms with E-state index in [1.165, 1.54) is 0 Å². The molecule has 0 fully saturated rings. The highest BCUT2D eigenvalue weighted by atomic mass is 16.5. The van der Waals surface area contributed by atoms with Crippen molar-refractivity contribution in [3.8, 4) is 0 Å². The third kappa shape index (κ3) is 5.99. The maximum absolute atomic E-state index is 14.0. The van der Waals surface area contributed by atoms with Gasteiger partial charge in [-0.05, 0) is 93.6 Å². The minimum atomic E-state index is -1.11. The van der Waals surface area contributed by atoms with Crippen LogP contribution in [0, 0.1) is 0 Å². The summed E-state index contributed by atoms with van der Waals surface area (Å²) < 4.78 is 12.8. The SMILES string of the molecule is CCCCc1cc2ccccn2c1C(=O)c1ccc(CCCN(CCC)CCCC)c2oc(=O)c(=O)oc12. The molecule has 0 saturated heterocycles. The fraction of sp³-hybridized carbons (Fsp3) is 0.452. The first-order valence-corrected chi connectivity index (χ1v) is 13.9. The molecule has 1 aromatic carbocycles. The molecule has 0 amide bonds. The van der Waals surface area contributed by atoms with Crippen LogP contribution < -0.4 is 11.3 Å². The Balaban J connectivity index is 1.72. The van der Waals surface area contributed by atoms with Crippen LogP contribution in [-0.4, -0.2) is 34.7 Å². The number of carbonyl (C=O) groups excluding carboxylic acids is 1. The second-order valence-corrected chi connectivity index (χ2v) is 9.95. The Morgan fingerprint density at radius 2 is 1.50 bits per heavy atom. The number of aryl methyl sites for hydroxylation is 2. The first-order chi connectivity index (χ1) is 18.5. The molecule has 202 valence electrons. The lowest BCUT2D eigenvalue weighted by Crippen LogP contribution is -2.27. The molecule has 0 aliphatic carbocycles. The average Bonchev–Trinajstić information content (AvgIpc) is 3.29. The molecule has 4 aromatic rings. The molecule has 0 N–H and O–H groups in total. The third-order valence-electron chi connectivity index (χ3n) is 7.06. The summed E-state index contributed by atoms with van der Waals surface area (Å²) in [6.45, 7) is 9.52. The fourth-order valence-electron chi connectivity index (χ4n) is 5.11. The molecule has 0 unspecified atom stereocenters. The second-order valence-electron chi connectivity index (χ2n) is 9.95. The van der Waals surface area contributed by atoms with Crippen LogP contribution in [0.25, 0.3) is 16.7 Å². The minimum Gasteiger partial charge on any atom is -0.414 e. The number of carbonyl (C=O) groups is 1. The van der Waals surface area contributed by atoms with Crippen molar-refractivity contribution in [1.29, 1.82) is 0 Å². The molecule has 0 radical (unpaired) electrons. The number of ketones is 1. The highest BCUT2D eigenvalue weighted by Gasteiger charge is 2.24. The number of nitrogens with zero attached hydrogens (tertiary/aromatic N) is 2. The molecule has 0 bridgehead atoms. The van der Waals surface area contributed by atoms with Crippen LogP contribution in [0.4, 0.5) is 0 Å². The predicted molar refractivity (Wildman–Crippen MR) is 150 cm³/mol. The number of unbranched alkanes of at least 4 members (excludes halogenated alkanes) is 2. The molecule has 0 aliphatic heterocycles. The van der Waals surface area contributed by atoms with Gasteiger partial charge in [0.15, 0.2) is 11.2 Å². The van der Waals surface area contributed by atoms with Gasteiger partial charge in [0.1, 0.15) is 0 Å². The van der Waals surface area contributed by atoms with E-state index in [0.29, 0.717) is 12.1 Å². The highest BCUT2D eigenvalue weighted by molar-refractivity contribution is 6.15. The Labute approximate surface area is 223 Å². The minimum absolute atomic E-state index is 0.0424. The molecular weight excluding hydrogens is 480 g/mol. The predicted octanol–water partition coefficient (Wildman–Crippen LogP) is 6.02. The van der Waals surface area contributed by atoms with Gasteiger partial charge in [-0.25, -0.2) is 9.59 Å². The van der Waals surface area contributed by atoms with Crippen molar-refractivity contribution >= 4 is 22.5 Å². The molecule has 3 aromatic heterocycles. The molecule has 0 aliphatic rings. The number of hydrogen-bond donors (Lipinski definition) is 0. The van der Waals surface area contributed by atoms with Gasteiger partial charge >= 0.3 is 11.3 Å². The van der Waals surface area contributed by atoms with E-state index in [2.05, 4.69) is 25.7 Å². The van der Waals surface area contributed by atoms with E-state index < -0.39 is 11.3 Å². The smallest absolute Gasteiger partial charge is 0.414 e. The lowest BCUT2D eigenvalue weighted by atomic mass is 9.98. The maximum atomic E-state index is 14.0. The number of aromatic nitrogens is 1.